The molecule has 0 N–H and O–H groups in total. The van der Waals surface area contributed by atoms with Crippen molar-refractivity contribution < 1.29 is 4.79 Å². The number of halogens is 1. The number of carbonyl (C=O) groups is 1. The number of hydrogen-bond donors (Lipinski definition) is 0. The van der Waals surface area contributed by atoms with E-state index in [1.54, 1.807) is 10.9 Å². The van der Waals surface area contributed by atoms with Crippen LogP contribution in [0.1, 0.15) is 27.3 Å². The van der Waals surface area contributed by atoms with Gasteiger partial charge in [-0.2, -0.15) is 5.10 Å². The third-order valence-corrected chi connectivity index (χ3v) is 4.44. The summed E-state index contributed by atoms with van der Waals surface area (Å²) in [7, 11) is 0. The molecule has 2 heterocycles. The summed E-state index contributed by atoms with van der Waals surface area (Å²) in [5.41, 5.74) is 4.16. The van der Waals surface area contributed by atoms with Crippen molar-refractivity contribution in [3.8, 4) is 0 Å². The van der Waals surface area contributed by atoms with E-state index >= 15 is 0 Å². The maximum absolute atomic E-state index is 12.6. The average Bonchev–Trinajstić information content (AvgIpc) is 3.10. The van der Waals surface area contributed by atoms with Gasteiger partial charge in [-0.1, -0.05) is 41.9 Å². The van der Waals surface area contributed by atoms with Crippen LogP contribution in [0.5, 0.6) is 0 Å². The number of hydrogen-bond acceptors (Lipinski definition) is 2. The summed E-state index contributed by atoms with van der Waals surface area (Å²) in [5, 5.41) is 4.61. The highest BCUT2D eigenvalue weighted by atomic mass is 35.5. The third-order valence-electron chi connectivity index (χ3n) is 4.25. The lowest BCUT2D eigenvalue weighted by atomic mass is 10.1. The second-order valence-electron chi connectivity index (χ2n) is 5.95. The summed E-state index contributed by atoms with van der Waals surface area (Å²) >= 11 is 5.85. The van der Waals surface area contributed by atoms with Crippen molar-refractivity contribution in [2.24, 2.45) is 0 Å². The molecule has 0 saturated heterocycles. The van der Waals surface area contributed by atoms with Crippen molar-refractivity contribution in [3.05, 3.63) is 76.3 Å². The van der Waals surface area contributed by atoms with Crippen LogP contribution >= 0.6 is 11.6 Å². The molecule has 5 heteroatoms. The Balaban J connectivity index is 1.74. The van der Waals surface area contributed by atoms with Gasteiger partial charge in [0.1, 0.15) is 6.54 Å². The second kappa shape index (κ2) is 7.05. The molecule has 1 aromatic carbocycles. The van der Waals surface area contributed by atoms with Crippen LogP contribution in [0.4, 0.5) is 0 Å². The Morgan fingerprint density at radius 2 is 1.96 bits per heavy atom. The summed E-state index contributed by atoms with van der Waals surface area (Å²) in [6.07, 6.45) is 4.14. The lowest BCUT2D eigenvalue weighted by Gasteiger charge is -2.10. The molecule has 0 aliphatic rings. The number of rotatable bonds is 6. The number of aryl methyl sites for hydroxylation is 2. The molecule has 3 aromatic rings. The van der Waals surface area contributed by atoms with Gasteiger partial charge in [0.15, 0.2) is 5.78 Å². The Kier molecular flexibility index (Phi) is 4.86. The Morgan fingerprint density at radius 1 is 1.21 bits per heavy atom. The Labute approximate surface area is 146 Å². The van der Waals surface area contributed by atoms with Crippen molar-refractivity contribution in [1.82, 2.24) is 14.3 Å². The third kappa shape index (κ3) is 3.60. The van der Waals surface area contributed by atoms with Gasteiger partial charge in [0.05, 0.1) is 11.2 Å². The van der Waals surface area contributed by atoms with Crippen molar-refractivity contribution in [2.45, 2.75) is 33.4 Å². The number of Topliss-reactive ketones (excluding diaryl/α,β-unsaturated/α-hetero) is 1. The highest BCUT2D eigenvalue weighted by Crippen LogP contribution is 2.18. The molecule has 0 fully saturated rings. The zero-order valence-electron chi connectivity index (χ0n) is 13.9. The molecule has 0 bridgehead atoms. The fourth-order valence-corrected chi connectivity index (χ4v) is 3.13. The molecule has 2 aromatic heterocycles. The van der Waals surface area contributed by atoms with Gasteiger partial charge >= 0.3 is 0 Å². The predicted molar refractivity (Wildman–Crippen MR) is 95.6 cm³/mol. The first kappa shape index (κ1) is 16.5. The van der Waals surface area contributed by atoms with Crippen LogP contribution in [0.3, 0.4) is 0 Å². The van der Waals surface area contributed by atoms with Crippen molar-refractivity contribution in [2.75, 3.05) is 0 Å². The van der Waals surface area contributed by atoms with Crippen LogP contribution in [0.2, 0.25) is 5.02 Å². The molecule has 3 rings (SSSR count). The SMILES string of the molecule is Cc1cc(C(=O)Cn2cc(Cl)cn2)c(C)n1CCc1ccccc1. The van der Waals surface area contributed by atoms with E-state index in [1.807, 2.05) is 26.0 Å². The van der Waals surface area contributed by atoms with Crippen molar-refractivity contribution in [1.29, 1.82) is 0 Å². The minimum atomic E-state index is 0.0498. The van der Waals surface area contributed by atoms with Crippen LogP contribution < -0.4 is 0 Å². The molecule has 0 unspecified atom stereocenters. The van der Waals surface area contributed by atoms with Gasteiger partial charge in [-0.25, -0.2) is 0 Å². The second-order valence-corrected chi connectivity index (χ2v) is 6.39. The monoisotopic (exact) mass is 341 g/mol. The maximum atomic E-state index is 12.6. The van der Waals surface area contributed by atoms with Gasteiger partial charge in [-0.05, 0) is 31.9 Å². The molecule has 0 atom stereocenters. The van der Waals surface area contributed by atoms with Gasteiger partial charge in [0.2, 0.25) is 0 Å². The van der Waals surface area contributed by atoms with Gasteiger partial charge in [-0.15, -0.1) is 0 Å². The minimum Gasteiger partial charge on any atom is -0.348 e. The Morgan fingerprint density at radius 3 is 2.62 bits per heavy atom. The van der Waals surface area contributed by atoms with E-state index < -0.39 is 0 Å². The number of aromatic nitrogens is 3. The summed E-state index contributed by atoms with van der Waals surface area (Å²) in [5.74, 6) is 0.0498. The van der Waals surface area contributed by atoms with E-state index in [1.165, 1.54) is 11.8 Å². The molecular weight excluding hydrogens is 322 g/mol. The Hall–Kier alpha value is -2.33. The molecule has 0 amide bonds. The molecule has 24 heavy (non-hydrogen) atoms. The molecule has 0 spiro atoms. The largest absolute Gasteiger partial charge is 0.348 e. The average molecular weight is 342 g/mol. The van der Waals surface area contributed by atoms with E-state index in [0.717, 1.165) is 29.9 Å². The fourth-order valence-electron chi connectivity index (χ4n) is 2.97. The van der Waals surface area contributed by atoms with Crippen molar-refractivity contribution >= 4 is 17.4 Å². The number of benzene rings is 1. The fraction of sp³-hybridized carbons (Fsp3) is 0.263. The van der Waals surface area contributed by atoms with Crippen LogP contribution in [0.25, 0.3) is 0 Å². The number of carbonyl (C=O) groups excluding carboxylic acids is 1. The summed E-state index contributed by atoms with van der Waals surface area (Å²) in [4.78, 5) is 12.6. The molecule has 4 nitrogen and oxygen atoms in total. The molecule has 0 aliphatic carbocycles. The predicted octanol–water partition coefficient (Wildman–Crippen LogP) is 4.08. The van der Waals surface area contributed by atoms with Crippen LogP contribution in [-0.2, 0) is 19.5 Å². The zero-order valence-corrected chi connectivity index (χ0v) is 14.6. The van der Waals surface area contributed by atoms with Gasteiger partial charge in [-0.3, -0.25) is 9.48 Å². The quantitative estimate of drug-likeness (QED) is 0.634. The first-order valence-corrected chi connectivity index (χ1v) is 8.34. The van der Waals surface area contributed by atoms with E-state index in [9.17, 15) is 4.79 Å². The van der Waals surface area contributed by atoms with Crippen molar-refractivity contribution in [3.63, 3.8) is 0 Å². The van der Waals surface area contributed by atoms with E-state index in [4.69, 9.17) is 11.6 Å². The van der Waals surface area contributed by atoms with E-state index in [0.29, 0.717) is 5.02 Å². The minimum absolute atomic E-state index is 0.0498. The van der Waals surface area contributed by atoms with Gasteiger partial charge in [0.25, 0.3) is 0 Å². The summed E-state index contributed by atoms with van der Waals surface area (Å²) < 4.78 is 3.77. The first-order valence-electron chi connectivity index (χ1n) is 7.96. The van der Waals surface area contributed by atoms with Crippen LogP contribution in [0, 0.1) is 13.8 Å². The van der Waals surface area contributed by atoms with E-state index in [-0.39, 0.29) is 12.3 Å². The molecule has 0 aliphatic heterocycles. The van der Waals surface area contributed by atoms with Crippen LogP contribution in [-0.4, -0.2) is 20.1 Å². The molecule has 0 radical (unpaired) electrons. The smallest absolute Gasteiger partial charge is 0.186 e. The number of nitrogens with zero attached hydrogens (tertiary/aromatic N) is 3. The normalized spacial score (nSPS) is 11.0. The highest BCUT2D eigenvalue weighted by molar-refractivity contribution is 6.30. The van der Waals surface area contributed by atoms with E-state index in [2.05, 4.69) is 33.9 Å². The standard InChI is InChI=1S/C19H20ClN3O/c1-14-10-18(19(24)13-22-12-17(20)11-21-22)15(2)23(14)9-8-16-6-4-3-5-7-16/h3-7,10-12H,8-9,13H2,1-2H3. The van der Waals surface area contributed by atoms with Crippen LogP contribution in [0.15, 0.2) is 48.8 Å². The lowest BCUT2D eigenvalue weighted by Crippen LogP contribution is -2.12. The molecule has 0 saturated carbocycles. The number of ketones is 1. The topological polar surface area (TPSA) is 39.8 Å². The summed E-state index contributed by atoms with van der Waals surface area (Å²) in [6.45, 7) is 5.11. The molecular formula is C19H20ClN3O. The van der Waals surface area contributed by atoms with Gasteiger partial charge < -0.3 is 4.57 Å². The Bertz CT molecular complexity index is 849. The first-order chi connectivity index (χ1) is 11.5. The maximum Gasteiger partial charge on any atom is 0.186 e. The molecule has 124 valence electrons. The zero-order chi connectivity index (χ0) is 17.1. The lowest BCUT2D eigenvalue weighted by molar-refractivity contribution is 0.0967. The van der Waals surface area contributed by atoms with Gasteiger partial charge in [0, 0.05) is 29.7 Å². The highest BCUT2D eigenvalue weighted by Gasteiger charge is 2.16. The summed E-state index contributed by atoms with van der Waals surface area (Å²) in [6, 6.07) is 12.3.